The van der Waals surface area contributed by atoms with Crippen molar-refractivity contribution in [1.82, 2.24) is 10.2 Å². The van der Waals surface area contributed by atoms with Crippen molar-refractivity contribution in [3.8, 4) is 0 Å². The highest BCUT2D eigenvalue weighted by Gasteiger charge is 2.35. The molecule has 8 heteroatoms. The number of carbonyl (C=O) groups excluding carboxylic acids is 2. The second kappa shape index (κ2) is 14.2. The molecule has 0 aliphatic rings. The Labute approximate surface area is 255 Å². The summed E-state index contributed by atoms with van der Waals surface area (Å²) in [5.41, 5.74) is 4.06. The number of sulfonamides is 1. The minimum atomic E-state index is -4.12. The van der Waals surface area contributed by atoms with Crippen LogP contribution in [0.5, 0.6) is 0 Å². The molecule has 0 unspecified atom stereocenters. The van der Waals surface area contributed by atoms with Crippen LogP contribution in [-0.2, 0) is 32.6 Å². The Morgan fingerprint density at radius 2 is 1.35 bits per heavy atom. The van der Waals surface area contributed by atoms with Crippen molar-refractivity contribution in [3.05, 3.63) is 131 Å². The average Bonchev–Trinajstić information content (AvgIpc) is 2.99. The van der Waals surface area contributed by atoms with Gasteiger partial charge in [-0.3, -0.25) is 13.9 Å². The van der Waals surface area contributed by atoms with Crippen molar-refractivity contribution in [1.29, 1.82) is 0 Å². The molecular weight excluding hydrogens is 558 g/mol. The van der Waals surface area contributed by atoms with Crippen LogP contribution in [0, 0.1) is 13.8 Å². The minimum Gasteiger partial charge on any atom is -0.352 e. The maximum absolute atomic E-state index is 14.4. The summed E-state index contributed by atoms with van der Waals surface area (Å²) in [7, 11) is -4.12. The molecule has 0 heterocycles. The Hall–Kier alpha value is -4.43. The molecule has 0 fully saturated rings. The van der Waals surface area contributed by atoms with Crippen molar-refractivity contribution in [2.24, 2.45) is 0 Å². The first-order valence-corrected chi connectivity index (χ1v) is 15.8. The first kappa shape index (κ1) is 31.5. The molecule has 4 rings (SSSR count). The van der Waals surface area contributed by atoms with Gasteiger partial charge in [-0.05, 0) is 68.7 Å². The molecule has 0 aliphatic heterocycles. The van der Waals surface area contributed by atoms with Crippen LogP contribution in [-0.4, -0.2) is 43.8 Å². The molecule has 4 aromatic carbocycles. The molecule has 0 radical (unpaired) electrons. The maximum Gasteiger partial charge on any atom is 0.264 e. The number of benzene rings is 4. The number of carbonyl (C=O) groups is 2. The molecule has 1 atom stereocenters. The molecule has 0 saturated heterocycles. The number of anilines is 1. The Bertz CT molecular complexity index is 1620. The van der Waals surface area contributed by atoms with Gasteiger partial charge in [0, 0.05) is 19.0 Å². The monoisotopic (exact) mass is 597 g/mol. The zero-order valence-corrected chi connectivity index (χ0v) is 25.9. The quantitative estimate of drug-likeness (QED) is 0.228. The molecule has 7 nitrogen and oxygen atoms in total. The van der Waals surface area contributed by atoms with Gasteiger partial charge in [-0.2, -0.15) is 0 Å². The lowest BCUT2D eigenvalue weighted by molar-refractivity contribution is -0.140. The Kier molecular flexibility index (Phi) is 10.4. The van der Waals surface area contributed by atoms with Crippen molar-refractivity contribution in [2.45, 2.75) is 57.6 Å². The van der Waals surface area contributed by atoms with Crippen LogP contribution in [0.15, 0.2) is 114 Å². The summed E-state index contributed by atoms with van der Waals surface area (Å²) >= 11 is 0. The van der Waals surface area contributed by atoms with E-state index in [1.165, 1.54) is 17.0 Å². The van der Waals surface area contributed by atoms with Crippen LogP contribution >= 0.6 is 0 Å². The minimum absolute atomic E-state index is 0.0761. The molecule has 1 N–H and O–H groups in total. The molecule has 0 spiro atoms. The summed E-state index contributed by atoms with van der Waals surface area (Å²) in [5.74, 6) is -0.781. The highest BCUT2D eigenvalue weighted by atomic mass is 32.2. The number of nitrogens with one attached hydrogen (secondary N) is 1. The lowest BCUT2D eigenvalue weighted by atomic mass is 10.0. The second-order valence-electron chi connectivity index (χ2n) is 11.0. The molecule has 224 valence electrons. The van der Waals surface area contributed by atoms with E-state index in [1.54, 1.807) is 30.3 Å². The van der Waals surface area contributed by atoms with E-state index in [9.17, 15) is 18.0 Å². The molecule has 0 bridgehead atoms. The van der Waals surface area contributed by atoms with Crippen molar-refractivity contribution >= 4 is 27.5 Å². The highest BCUT2D eigenvalue weighted by molar-refractivity contribution is 7.92. The van der Waals surface area contributed by atoms with Crippen molar-refractivity contribution < 1.29 is 18.0 Å². The Morgan fingerprint density at radius 3 is 1.95 bits per heavy atom. The summed E-state index contributed by atoms with van der Waals surface area (Å²) in [5, 5.41) is 2.98. The summed E-state index contributed by atoms with van der Waals surface area (Å²) < 4.78 is 29.1. The lowest BCUT2D eigenvalue weighted by Crippen LogP contribution is -2.54. The fourth-order valence-corrected chi connectivity index (χ4v) is 6.30. The van der Waals surface area contributed by atoms with Gasteiger partial charge < -0.3 is 10.2 Å². The van der Waals surface area contributed by atoms with Gasteiger partial charge in [0.05, 0.1) is 10.6 Å². The predicted octanol–water partition coefficient (Wildman–Crippen LogP) is 5.66. The maximum atomic E-state index is 14.4. The van der Waals surface area contributed by atoms with E-state index in [0.29, 0.717) is 5.69 Å². The van der Waals surface area contributed by atoms with Crippen LogP contribution in [0.3, 0.4) is 0 Å². The van der Waals surface area contributed by atoms with Gasteiger partial charge >= 0.3 is 0 Å². The SMILES string of the molecule is Cc1ccc(N(CC(=O)N(Cc2ccccc2C)[C@@H](Cc2ccccc2)C(=O)NC(C)C)S(=O)(=O)c2ccccc2)cc1. The summed E-state index contributed by atoms with van der Waals surface area (Å²) in [6.45, 7) is 7.27. The number of amides is 2. The highest BCUT2D eigenvalue weighted by Crippen LogP contribution is 2.25. The molecule has 4 aromatic rings. The van der Waals surface area contributed by atoms with E-state index in [1.807, 2.05) is 94.4 Å². The summed E-state index contributed by atoms with van der Waals surface area (Å²) in [6, 6.07) is 31.3. The molecule has 43 heavy (non-hydrogen) atoms. The third-order valence-corrected chi connectivity index (χ3v) is 9.02. The van der Waals surface area contributed by atoms with Crippen LogP contribution in [0.25, 0.3) is 0 Å². The van der Waals surface area contributed by atoms with E-state index in [4.69, 9.17) is 0 Å². The van der Waals surface area contributed by atoms with E-state index in [0.717, 1.165) is 26.6 Å². The molecule has 0 aromatic heterocycles. The van der Waals surface area contributed by atoms with Crippen LogP contribution in [0.2, 0.25) is 0 Å². The first-order chi connectivity index (χ1) is 20.6. The molecular formula is C35H39N3O4S. The van der Waals surface area contributed by atoms with Gasteiger partial charge in [-0.25, -0.2) is 8.42 Å². The predicted molar refractivity (Wildman–Crippen MR) is 171 cm³/mol. The van der Waals surface area contributed by atoms with E-state index in [-0.39, 0.29) is 29.8 Å². The van der Waals surface area contributed by atoms with Gasteiger partial charge in [0.1, 0.15) is 12.6 Å². The van der Waals surface area contributed by atoms with Crippen molar-refractivity contribution in [2.75, 3.05) is 10.8 Å². The lowest BCUT2D eigenvalue weighted by Gasteiger charge is -2.34. The fraction of sp³-hybridized carbons (Fsp3) is 0.257. The normalized spacial score (nSPS) is 12.0. The van der Waals surface area contributed by atoms with E-state index in [2.05, 4.69) is 5.32 Å². The third-order valence-electron chi connectivity index (χ3n) is 7.24. The zero-order chi connectivity index (χ0) is 31.0. The third kappa shape index (κ3) is 8.11. The van der Waals surface area contributed by atoms with Gasteiger partial charge in [0.25, 0.3) is 10.0 Å². The smallest absolute Gasteiger partial charge is 0.264 e. The van der Waals surface area contributed by atoms with E-state index < -0.39 is 28.5 Å². The molecule has 2 amide bonds. The molecule has 0 saturated carbocycles. The topological polar surface area (TPSA) is 86.8 Å². The number of rotatable bonds is 12. The number of hydrogen-bond donors (Lipinski definition) is 1. The zero-order valence-electron chi connectivity index (χ0n) is 25.1. The van der Waals surface area contributed by atoms with Gasteiger partial charge in [-0.15, -0.1) is 0 Å². The average molecular weight is 598 g/mol. The van der Waals surface area contributed by atoms with Gasteiger partial charge in [0.15, 0.2) is 0 Å². The first-order valence-electron chi connectivity index (χ1n) is 14.4. The van der Waals surface area contributed by atoms with Crippen LogP contribution in [0.4, 0.5) is 5.69 Å². The Balaban J connectivity index is 1.80. The van der Waals surface area contributed by atoms with Crippen molar-refractivity contribution in [3.63, 3.8) is 0 Å². The summed E-state index contributed by atoms with van der Waals surface area (Å²) in [6.07, 6.45) is 0.271. The van der Waals surface area contributed by atoms with Gasteiger partial charge in [0.2, 0.25) is 11.8 Å². The van der Waals surface area contributed by atoms with E-state index >= 15 is 0 Å². The summed E-state index contributed by atoms with van der Waals surface area (Å²) in [4.78, 5) is 29.8. The number of aryl methyl sites for hydroxylation is 2. The van der Waals surface area contributed by atoms with Gasteiger partial charge in [-0.1, -0.05) is 90.5 Å². The number of nitrogens with zero attached hydrogens (tertiary/aromatic N) is 2. The van der Waals surface area contributed by atoms with Crippen LogP contribution < -0.4 is 9.62 Å². The number of hydrogen-bond acceptors (Lipinski definition) is 4. The fourth-order valence-electron chi connectivity index (χ4n) is 4.87. The van der Waals surface area contributed by atoms with Crippen LogP contribution in [0.1, 0.15) is 36.1 Å². The second-order valence-corrected chi connectivity index (χ2v) is 12.8. The standard InChI is InChI=1S/C35H39N3O4S/c1-26(2)36-35(40)33(23-29-14-7-5-8-15-29)37(24-30-16-12-11-13-28(30)4)34(39)25-38(31-21-19-27(3)20-22-31)43(41,42)32-17-9-6-10-18-32/h5-22,26,33H,23-25H2,1-4H3,(H,36,40)/t33-/m0/s1. The largest absolute Gasteiger partial charge is 0.352 e. The Morgan fingerprint density at radius 1 is 0.767 bits per heavy atom. The molecule has 0 aliphatic carbocycles.